The predicted molar refractivity (Wildman–Crippen MR) is 46.6 cm³/mol. The standard InChI is InChI=1S/C10H8FNO/c1-7-12-10(6-13-7)8-4-2-3-5-9(8)11/h2-6H,1H3. The molecule has 1 heterocycles. The lowest BCUT2D eigenvalue weighted by Gasteiger charge is -1.95. The van der Waals surface area contributed by atoms with E-state index in [0.29, 0.717) is 17.1 Å². The third kappa shape index (κ3) is 1.45. The Morgan fingerprint density at radius 2 is 2.08 bits per heavy atom. The average molecular weight is 177 g/mol. The van der Waals surface area contributed by atoms with Crippen LogP contribution in [-0.4, -0.2) is 4.98 Å². The molecule has 13 heavy (non-hydrogen) atoms. The van der Waals surface area contributed by atoms with E-state index in [0.717, 1.165) is 0 Å². The van der Waals surface area contributed by atoms with Gasteiger partial charge in [0.25, 0.3) is 0 Å². The fourth-order valence-corrected chi connectivity index (χ4v) is 1.16. The van der Waals surface area contributed by atoms with Crippen molar-refractivity contribution in [3.63, 3.8) is 0 Å². The van der Waals surface area contributed by atoms with Crippen LogP contribution in [0.2, 0.25) is 0 Å². The van der Waals surface area contributed by atoms with Crippen LogP contribution in [0.15, 0.2) is 34.9 Å². The summed E-state index contributed by atoms with van der Waals surface area (Å²) in [4.78, 5) is 4.04. The number of halogens is 1. The zero-order valence-corrected chi connectivity index (χ0v) is 7.12. The second-order valence-corrected chi connectivity index (χ2v) is 2.73. The molecule has 0 aliphatic carbocycles. The Bertz CT molecular complexity index is 422. The van der Waals surface area contributed by atoms with E-state index in [9.17, 15) is 4.39 Å². The summed E-state index contributed by atoms with van der Waals surface area (Å²) in [5.74, 6) is 0.258. The second-order valence-electron chi connectivity index (χ2n) is 2.73. The van der Waals surface area contributed by atoms with Crippen LogP contribution in [0.5, 0.6) is 0 Å². The Morgan fingerprint density at radius 3 is 2.69 bits per heavy atom. The maximum Gasteiger partial charge on any atom is 0.191 e. The lowest BCUT2D eigenvalue weighted by Crippen LogP contribution is -1.82. The summed E-state index contributed by atoms with van der Waals surface area (Å²) in [6.07, 6.45) is 1.45. The molecular weight excluding hydrogens is 169 g/mol. The van der Waals surface area contributed by atoms with Crippen molar-refractivity contribution in [3.05, 3.63) is 42.2 Å². The van der Waals surface area contributed by atoms with Crippen LogP contribution in [0.4, 0.5) is 4.39 Å². The Balaban J connectivity index is 2.52. The highest BCUT2D eigenvalue weighted by atomic mass is 19.1. The molecule has 1 aromatic heterocycles. The fraction of sp³-hybridized carbons (Fsp3) is 0.100. The maximum absolute atomic E-state index is 13.2. The van der Waals surface area contributed by atoms with Crippen LogP contribution in [0.3, 0.4) is 0 Å². The molecule has 0 fully saturated rings. The number of aromatic nitrogens is 1. The minimum absolute atomic E-state index is 0.282. The summed E-state index contributed by atoms with van der Waals surface area (Å²) >= 11 is 0. The third-order valence-corrected chi connectivity index (χ3v) is 1.77. The summed E-state index contributed by atoms with van der Waals surface area (Å²) in [5.41, 5.74) is 1.01. The molecule has 0 spiro atoms. The minimum Gasteiger partial charge on any atom is -0.449 e. The van der Waals surface area contributed by atoms with Gasteiger partial charge in [0.1, 0.15) is 17.8 Å². The highest BCUT2D eigenvalue weighted by molar-refractivity contribution is 5.58. The Hall–Kier alpha value is -1.64. The van der Waals surface area contributed by atoms with Gasteiger partial charge in [0.15, 0.2) is 5.89 Å². The molecule has 0 saturated heterocycles. The molecule has 2 aromatic rings. The van der Waals surface area contributed by atoms with Crippen LogP contribution in [0, 0.1) is 12.7 Å². The van der Waals surface area contributed by atoms with E-state index < -0.39 is 0 Å². The van der Waals surface area contributed by atoms with Gasteiger partial charge >= 0.3 is 0 Å². The van der Waals surface area contributed by atoms with Crippen molar-refractivity contribution in [2.75, 3.05) is 0 Å². The predicted octanol–water partition coefficient (Wildman–Crippen LogP) is 2.79. The van der Waals surface area contributed by atoms with Gasteiger partial charge in [-0.1, -0.05) is 12.1 Å². The molecule has 0 saturated carbocycles. The smallest absolute Gasteiger partial charge is 0.191 e. The Kier molecular flexibility index (Phi) is 1.85. The summed E-state index contributed by atoms with van der Waals surface area (Å²) in [6.45, 7) is 1.73. The van der Waals surface area contributed by atoms with Gasteiger partial charge in [0.2, 0.25) is 0 Å². The molecule has 0 aliphatic rings. The molecule has 0 bridgehead atoms. The van der Waals surface area contributed by atoms with E-state index in [1.807, 2.05) is 0 Å². The number of hydrogen-bond donors (Lipinski definition) is 0. The van der Waals surface area contributed by atoms with Crippen molar-refractivity contribution >= 4 is 0 Å². The van der Waals surface area contributed by atoms with Gasteiger partial charge in [-0.25, -0.2) is 9.37 Å². The first-order valence-electron chi connectivity index (χ1n) is 3.94. The molecule has 0 radical (unpaired) electrons. The van der Waals surface area contributed by atoms with E-state index >= 15 is 0 Å². The fourth-order valence-electron chi connectivity index (χ4n) is 1.16. The van der Waals surface area contributed by atoms with Crippen molar-refractivity contribution < 1.29 is 8.81 Å². The number of aryl methyl sites for hydroxylation is 1. The Labute approximate surface area is 75.0 Å². The van der Waals surface area contributed by atoms with Crippen LogP contribution in [0.25, 0.3) is 11.3 Å². The monoisotopic (exact) mass is 177 g/mol. The van der Waals surface area contributed by atoms with Crippen LogP contribution < -0.4 is 0 Å². The van der Waals surface area contributed by atoms with E-state index in [4.69, 9.17) is 4.42 Å². The van der Waals surface area contributed by atoms with Gasteiger partial charge in [-0.2, -0.15) is 0 Å². The summed E-state index contributed by atoms with van der Waals surface area (Å²) in [6, 6.07) is 6.49. The molecule has 0 N–H and O–H groups in total. The van der Waals surface area contributed by atoms with E-state index in [1.165, 1.54) is 12.3 Å². The summed E-state index contributed by atoms with van der Waals surface area (Å²) in [5, 5.41) is 0. The number of benzene rings is 1. The SMILES string of the molecule is Cc1nc(-c2ccccc2F)co1. The molecule has 2 rings (SSSR count). The summed E-state index contributed by atoms with van der Waals surface area (Å²) < 4.78 is 18.2. The van der Waals surface area contributed by atoms with Gasteiger partial charge in [-0.3, -0.25) is 0 Å². The molecule has 3 heteroatoms. The first-order chi connectivity index (χ1) is 6.27. The molecule has 0 aliphatic heterocycles. The first-order valence-corrected chi connectivity index (χ1v) is 3.94. The van der Waals surface area contributed by atoms with Gasteiger partial charge in [0.05, 0.1) is 0 Å². The first kappa shape index (κ1) is 7.98. The normalized spacial score (nSPS) is 10.3. The van der Waals surface area contributed by atoms with Crippen molar-refractivity contribution in [2.24, 2.45) is 0 Å². The zero-order chi connectivity index (χ0) is 9.26. The molecule has 2 nitrogen and oxygen atoms in total. The quantitative estimate of drug-likeness (QED) is 0.669. The van der Waals surface area contributed by atoms with Crippen molar-refractivity contribution in [1.29, 1.82) is 0 Å². The van der Waals surface area contributed by atoms with Gasteiger partial charge in [0, 0.05) is 12.5 Å². The number of rotatable bonds is 1. The van der Waals surface area contributed by atoms with Crippen LogP contribution in [0.1, 0.15) is 5.89 Å². The van der Waals surface area contributed by atoms with Gasteiger partial charge in [-0.05, 0) is 12.1 Å². The van der Waals surface area contributed by atoms with E-state index in [-0.39, 0.29) is 5.82 Å². The van der Waals surface area contributed by atoms with E-state index in [1.54, 1.807) is 25.1 Å². The average Bonchev–Trinajstić information content (AvgIpc) is 2.53. The lowest BCUT2D eigenvalue weighted by molar-refractivity contribution is 0.521. The number of hydrogen-bond acceptors (Lipinski definition) is 2. The molecular formula is C10H8FNO. The molecule has 66 valence electrons. The van der Waals surface area contributed by atoms with Crippen LogP contribution >= 0.6 is 0 Å². The van der Waals surface area contributed by atoms with E-state index in [2.05, 4.69) is 4.98 Å². The Morgan fingerprint density at radius 1 is 1.31 bits per heavy atom. The zero-order valence-electron chi connectivity index (χ0n) is 7.12. The van der Waals surface area contributed by atoms with Crippen molar-refractivity contribution in [2.45, 2.75) is 6.92 Å². The molecule has 0 unspecified atom stereocenters. The maximum atomic E-state index is 13.2. The number of nitrogens with zero attached hydrogens (tertiary/aromatic N) is 1. The lowest BCUT2D eigenvalue weighted by atomic mass is 10.1. The van der Waals surface area contributed by atoms with Gasteiger partial charge in [-0.15, -0.1) is 0 Å². The minimum atomic E-state index is -0.282. The topological polar surface area (TPSA) is 26.0 Å². The molecule has 1 aromatic carbocycles. The highest BCUT2D eigenvalue weighted by Gasteiger charge is 2.07. The van der Waals surface area contributed by atoms with Crippen molar-refractivity contribution in [3.8, 4) is 11.3 Å². The highest BCUT2D eigenvalue weighted by Crippen LogP contribution is 2.20. The summed E-state index contributed by atoms with van der Waals surface area (Å²) in [7, 11) is 0. The van der Waals surface area contributed by atoms with Crippen molar-refractivity contribution in [1.82, 2.24) is 4.98 Å². The van der Waals surface area contributed by atoms with Gasteiger partial charge < -0.3 is 4.42 Å². The number of oxazole rings is 1. The second kappa shape index (κ2) is 3.01. The third-order valence-electron chi connectivity index (χ3n) is 1.77. The van der Waals surface area contributed by atoms with Crippen LogP contribution in [-0.2, 0) is 0 Å². The molecule has 0 atom stereocenters. The largest absolute Gasteiger partial charge is 0.449 e. The molecule has 0 amide bonds.